The first-order chi connectivity index (χ1) is 32.0. The summed E-state index contributed by atoms with van der Waals surface area (Å²) < 4.78 is 16.7. The lowest BCUT2D eigenvalue weighted by Crippen LogP contribution is -2.30. The molecule has 65 heavy (non-hydrogen) atoms. The first-order valence-corrected chi connectivity index (χ1v) is 26.0. The van der Waals surface area contributed by atoms with Gasteiger partial charge in [-0.3, -0.25) is 14.4 Å². The predicted molar refractivity (Wildman–Crippen MR) is 279 cm³/mol. The quantitative estimate of drug-likeness (QED) is 0.0262. The van der Waals surface area contributed by atoms with Crippen LogP contribution < -0.4 is 0 Å². The SMILES string of the molecule is CC/C=C\C/C=C\C/C=C\C/C=C\CCCCC(=O)O[C@H](COC(=O)CCC/C=C\C/C=C\C/C=C\C/C=C\CCCCC)COC(=O)CCCCCCC/C=C\C/C=C\CCCCC. The molecule has 0 saturated heterocycles. The third-order valence-electron chi connectivity index (χ3n) is 10.4. The highest BCUT2D eigenvalue weighted by Gasteiger charge is 2.19. The second-order valence-electron chi connectivity index (χ2n) is 16.7. The molecular formula is C59H94O6. The second kappa shape index (κ2) is 52.4. The van der Waals surface area contributed by atoms with Crippen molar-refractivity contribution in [2.75, 3.05) is 13.2 Å². The lowest BCUT2D eigenvalue weighted by molar-refractivity contribution is -0.167. The Hall–Kier alpha value is -4.19. The maximum Gasteiger partial charge on any atom is 0.306 e. The smallest absolute Gasteiger partial charge is 0.306 e. The van der Waals surface area contributed by atoms with Crippen molar-refractivity contribution in [3.8, 4) is 0 Å². The Morgan fingerprint density at radius 1 is 0.323 bits per heavy atom. The summed E-state index contributed by atoms with van der Waals surface area (Å²) in [6, 6.07) is 0. The van der Waals surface area contributed by atoms with Crippen molar-refractivity contribution in [2.45, 2.75) is 219 Å². The van der Waals surface area contributed by atoms with E-state index in [-0.39, 0.29) is 44.0 Å². The number of carbonyl (C=O) groups excluding carboxylic acids is 3. The minimum atomic E-state index is -0.831. The van der Waals surface area contributed by atoms with Gasteiger partial charge in [-0.2, -0.15) is 0 Å². The number of carbonyl (C=O) groups is 3. The molecule has 0 aliphatic heterocycles. The monoisotopic (exact) mass is 899 g/mol. The first kappa shape index (κ1) is 60.8. The van der Waals surface area contributed by atoms with Gasteiger partial charge in [-0.15, -0.1) is 0 Å². The van der Waals surface area contributed by atoms with E-state index < -0.39 is 6.10 Å². The Bertz CT molecular complexity index is 1400. The minimum Gasteiger partial charge on any atom is -0.462 e. The number of esters is 3. The van der Waals surface area contributed by atoms with Crippen LogP contribution in [0.3, 0.4) is 0 Å². The molecule has 1 atom stereocenters. The van der Waals surface area contributed by atoms with Crippen LogP contribution in [0.4, 0.5) is 0 Å². The maximum absolute atomic E-state index is 12.8. The number of hydrogen-bond acceptors (Lipinski definition) is 6. The Kier molecular flexibility index (Phi) is 49.1. The molecule has 0 saturated carbocycles. The molecule has 366 valence electrons. The van der Waals surface area contributed by atoms with Crippen molar-refractivity contribution in [3.05, 3.63) is 122 Å². The molecule has 6 nitrogen and oxygen atoms in total. The van der Waals surface area contributed by atoms with Gasteiger partial charge in [0.05, 0.1) is 0 Å². The number of unbranched alkanes of at least 4 members (excludes halogenated alkanes) is 14. The van der Waals surface area contributed by atoms with Crippen LogP contribution in [-0.4, -0.2) is 37.2 Å². The van der Waals surface area contributed by atoms with Crippen molar-refractivity contribution in [1.29, 1.82) is 0 Å². The molecule has 0 aromatic heterocycles. The van der Waals surface area contributed by atoms with E-state index in [0.717, 1.165) is 109 Å². The molecule has 0 aromatic rings. The Labute approximate surface area is 399 Å². The standard InChI is InChI=1S/C59H94O6/c1-4-7-10-13-16-19-22-25-28-29-32-34-37-40-43-46-49-52-58(61)64-55-56(65-59(62)53-50-47-44-41-38-35-31-27-24-21-18-15-12-9-6-3)54-63-57(60)51-48-45-42-39-36-33-30-26-23-20-17-14-11-8-5-2/h9,12,16-21,25-28,30-32,34,38,40-41,43,56H,4-8,10-11,13-15,22-24,29,33,35-37,39,42,44-55H2,1-3H3/b12-9-,19-16-,20-17-,21-18-,28-25-,30-26-,31-27-,34-32-,41-38-,43-40-/t56-/m0/s1. The van der Waals surface area contributed by atoms with E-state index >= 15 is 0 Å². The summed E-state index contributed by atoms with van der Waals surface area (Å²) in [5.41, 5.74) is 0. The topological polar surface area (TPSA) is 78.9 Å². The molecule has 0 amide bonds. The molecule has 0 aliphatic carbocycles. The van der Waals surface area contributed by atoms with E-state index in [4.69, 9.17) is 14.2 Å². The summed E-state index contributed by atoms with van der Waals surface area (Å²) in [5.74, 6) is -1.04. The van der Waals surface area contributed by atoms with Crippen LogP contribution in [0.5, 0.6) is 0 Å². The highest BCUT2D eigenvalue weighted by Crippen LogP contribution is 2.11. The summed E-state index contributed by atoms with van der Waals surface area (Å²) in [6.07, 6.45) is 71.8. The van der Waals surface area contributed by atoms with Crippen LogP contribution in [0, 0.1) is 0 Å². The van der Waals surface area contributed by atoms with E-state index in [9.17, 15) is 14.4 Å². The lowest BCUT2D eigenvalue weighted by Gasteiger charge is -2.18. The van der Waals surface area contributed by atoms with Gasteiger partial charge < -0.3 is 14.2 Å². The second-order valence-corrected chi connectivity index (χ2v) is 16.7. The summed E-state index contributed by atoms with van der Waals surface area (Å²) in [6.45, 7) is 6.35. The average molecular weight is 899 g/mol. The molecule has 0 rings (SSSR count). The van der Waals surface area contributed by atoms with Gasteiger partial charge in [0.15, 0.2) is 6.10 Å². The van der Waals surface area contributed by atoms with Gasteiger partial charge >= 0.3 is 17.9 Å². The van der Waals surface area contributed by atoms with Crippen LogP contribution in [0.1, 0.15) is 213 Å². The fourth-order valence-electron chi connectivity index (χ4n) is 6.51. The van der Waals surface area contributed by atoms with Crippen LogP contribution >= 0.6 is 0 Å². The van der Waals surface area contributed by atoms with Gasteiger partial charge in [0.25, 0.3) is 0 Å². The zero-order chi connectivity index (χ0) is 47.2. The maximum atomic E-state index is 12.8. The summed E-state index contributed by atoms with van der Waals surface area (Å²) >= 11 is 0. The minimum absolute atomic E-state index is 0.123. The van der Waals surface area contributed by atoms with Gasteiger partial charge in [-0.1, -0.05) is 187 Å². The number of rotatable bonds is 45. The molecule has 6 heteroatoms. The van der Waals surface area contributed by atoms with E-state index in [1.807, 2.05) is 0 Å². The molecule has 0 heterocycles. The molecule has 0 aliphatic rings. The van der Waals surface area contributed by atoms with E-state index in [1.54, 1.807) is 0 Å². The third kappa shape index (κ3) is 50.7. The Morgan fingerprint density at radius 3 is 1.03 bits per heavy atom. The van der Waals surface area contributed by atoms with Crippen LogP contribution in [-0.2, 0) is 28.6 Å². The van der Waals surface area contributed by atoms with Crippen molar-refractivity contribution in [2.24, 2.45) is 0 Å². The summed E-state index contributed by atoms with van der Waals surface area (Å²) in [5, 5.41) is 0. The zero-order valence-corrected chi connectivity index (χ0v) is 41.7. The number of allylic oxidation sites excluding steroid dienone is 20. The van der Waals surface area contributed by atoms with Crippen LogP contribution in [0.25, 0.3) is 0 Å². The lowest BCUT2D eigenvalue weighted by atomic mass is 10.1. The first-order valence-electron chi connectivity index (χ1n) is 26.0. The van der Waals surface area contributed by atoms with Gasteiger partial charge in [-0.25, -0.2) is 0 Å². The molecule has 0 radical (unpaired) electrons. The van der Waals surface area contributed by atoms with E-state index in [0.29, 0.717) is 19.3 Å². The van der Waals surface area contributed by atoms with E-state index in [2.05, 4.69) is 142 Å². The third-order valence-corrected chi connectivity index (χ3v) is 10.4. The van der Waals surface area contributed by atoms with Crippen molar-refractivity contribution in [3.63, 3.8) is 0 Å². The highest BCUT2D eigenvalue weighted by atomic mass is 16.6. The van der Waals surface area contributed by atoms with Crippen molar-refractivity contribution < 1.29 is 28.6 Å². The Balaban J connectivity index is 4.59. The Morgan fingerprint density at radius 2 is 0.615 bits per heavy atom. The predicted octanol–water partition coefficient (Wildman–Crippen LogP) is 17.3. The summed E-state index contributed by atoms with van der Waals surface area (Å²) in [7, 11) is 0. The van der Waals surface area contributed by atoms with Gasteiger partial charge in [0, 0.05) is 19.3 Å². The van der Waals surface area contributed by atoms with E-state index in [1.165, 1.54) is 51.4 Å². The van der Waals surface area contributed by atoms with Gasteiger partial charge in [0.1, 0.15) is 13.2 Å². The fraction of sp³-hybridized carbons (Fsp3) is 0.610. The molecule has 0 spiro atoms. The molecule has 0 aromatic carbocycles. The zero-order valence-electron chi connectivity index (χ0n) is 41.7. The number of hydrogen-bond donors (Lipinski definition) is 0. The van der Waals surface area contributed by atoms with Crippen LogP contribution in [0.15, 0.2) is 122 Å². The normalized spacial score (nSPS) is 13.1. The van der Waals surface area contributed by atoms with Crippen LogP contribution in [0.2, 0.25) is 0 Å². The van der Waals surface area contributed by atoms with Gasteiger partial charge in [-0.05, 0) is 128 Å². The van der Waals surface area contributed by atoms with Crippen molar-refractivity contribution in [1.82, 2.24) is 0 Å². The largest absolute Gasteiger partial charge is 0.462 e. The van der Waals surface area contributed by atoms with Crippen molar-refractivity contribution >= 4 is 17.9 Å². The summed E-state index contributed by atoms with van der Waals surface area (Å²) in [4.78, 5) is 38.0. The fourth-order valence-corrected chi connectivity index (χ4v) is 6.51. The average Bonchev–Trinajstić information content (AvgIpc) is 3.30. The molecule has 0 fully saturated rings. The molecule has 0 bridgehead atoms. The van der Waals surface area contributed by atoms with Gasteiger partial charge in [0.2, 0.25) is 0 Å². The highest BCUT2D eigenvalue weighted by molar-refractivity contribution is 5.71. The molecular weight excluding hydrogens is 805 g/mol. The molecule has 0 unspecified atom stereocenters. The number of ether oxygens (including phenoxy) is 3. The molecule has 0 N–H and O–H groups in total.